The molecule has 0 spiro atoms. The second-order valence-corrected chi connectivity index (χ2v) is 13.0. The van der Waals surface area contributed by atoms with Crippen LogP contribution in [0.5, 0.6) is 0 Å². The molecule has 0 radical (unpaired) electrons. The van der Waals surface area contributed by atoms with Gasteiger partial charge in [-0.2, -0.15) is 4.57 Å². The van der Waals surface area contributed by atoms with E-state index in [0.29, 0.717) is 13.1 Å². The fourth-order valence-corrected chi connectivity index (χ4v) is 6.66. The van der Waals surface area contributed by atoms with E-state index in [1.165, 1.54) is 16.9 Å². The van der Waals surface area contributed by atoms with Gasteiger partial charge in [-0.1, -0.05) is 76.2 Å². The van der Waals surface area contributed by atoms with Crippen LogP contribution in [0.2, 0.25) is 0 Å². The van der Waals surface area contributed by atoms with Gasteiger partial charge >= 0.3 is 0 Å². The van der Waals surface area contributed by atoms with Crippen LogP contribution in [0.25, 0.3) is 18.2 Å². The Kier molecular flexibility index (Phi) is 18.3. The van der Waals surface area contributed by atoms with Crippen molar-refractivity contribution in [2.75, 3.05) is 67.2 Å². The molecule has 3 rings (SSSR count). The van der Waals surface area contributed by atoms with Crippen LogP contribution in [0.1, 0.15) is 30.7 Å². The molecular weight excluding hydrogens is 609 g/mol. The highest BCUT2D eigenvalue weighted by atomic mass is 33.1. The van der Waals surface area contributed by atoms with Crippen molar-refractivity contribution in [2.45, 2.75) is 20.4 Å². The van der Waals surface area contributed by atoms with Gasteiger partial charge in [-0.25, -0.2) is 0 Å². The van der Waals surface area contributed by atoms with E-state index in [2.05, 4.69) is 106 Å². The van der Waals surface area contributed by atoms with Crippen molar-refractivity contribution in [2.24, 2.45) is 4.99 Å². The Morgan fingerprint density at radius 1 is 0.674 bits per heavy atom. The largest absolute Gasteiger partial charge is 0.394 e. The standard InChI is InChI=1S/C38H49N4O2S2/c1-3-40(37-20-14-34(15-21-37)12-8-6-5-7-10-24-39-25-30-43)28-32-45-46-33-29-41(4-2)38-22-17-35(18-23-38)16-19-36-13-9-11-26-42(36)27-31-44/h5-24,26,43-44H,3-4,25,27-33H2,1-2H3/q+1/b6-5+,10-7-,12-8+,39-24?. The van der Waals surface area contributed by atoms with Gasteiger partial charge in [0.2, 0.25) is 5.69 Å². The first kappa shape index (κ1) is 36.9. The number of nitrogens with zero attached hydrogens (tertiary/aromatic N) is 4. The molecule has 0 amide bonds. The number of aromatic nitrogens is 1. The topological polar surface area (TPSA) is 63.2 Å². The molecule has 0 unspecified atom stereocenters. The zero-order chi connectivity index (χ0) is 32.7. The van der Waals surface area contributed by atoms with E-state index in [0.717, 1.165) is 48.9 Å². The summed E-state index contributed by atoms with van der Waals surface area (Å²) >= 11 is 0. The molecule has 0 bridgehead atoms. The van der Waals surface area contributed by atoms with E-state index in [1.807, 2.05) is 70.3 Å². The minimum atomic E-state index is 0.0789. The summed E-state index contributed by atoms with van der Waals surface area (Å²) in [7, 11) is 3.91. The van der Waals surface area contributed by atoms with E-state index in [1.54, 1.807) is 6.21 Å². The summed E-state index contributed by atoms with van der Waals surface area (Å²) in [6, 6.07) is 23.6. The molecule has 244 valence electrons. The molecule has 0 aliphatic carbocycles. The van der Waals surface area contributed by atoms with Crippen molar-refractivity contribution in [1.29, 1.82) is 0 Å². The van der Waals surface area contributed by atoms with E-state index >= 15 is 0 Å². The van der Waals surface area contributed by atoms with Crippen LogP contribution in [0.3, 0.4) is 0 Å². The Morgan fingerprint density at radius 3 is 1.85 bits per heavy atom. The van der Waals surface area contributed by atoms with Gasteiger partial charge in [0.15, 0.2) is 12.7 Å². The molecule has 1 heterocycles. The lowest BCUT2D eigenvalue weighted by atomic mass is 10.1. The number of anilines is 2. The molecule has 0 atom stereocenters. The second-order valence-electron chi connectivity index (χ2n) is 10.3. The SMILES string of the molecule is CCN(CCSSCCN(CC)c1ccc(/C=C/c2cccc[n+]2CCO)cc1)c1ccc(/C=C/C=C/C=C\C=NCCO)cc1. The average Bonchev–Trinajstić information content (AvgIpc) is 3.09. The third-order valence-electron chi connectivity index (χ3n) is 7.17. The predicted octanol–water partition coefficient (Wildman–Crippen LogP) is 7.06. The van der Waals surface area contributed by atoms with Crippen LogP contribution >= 0.6 is 21.6 Å². The van der Waals surface area contributed by atoms with E-state index in [9.17, 15) is 5.11 Å². The van der Waals surface area contributed by atoms with Crippen LogP contribution < -0.4 is 14.4 Å². The van der Waals surface area contributed by atoms with Gasteiger partial charge < -0.3 is 20.0 Å². The molecule has 46 heavy (non-hydrogen) atoms. The average molecular weight is 658 g/mol. The molecule has 2 N–H and O–H groups in total. The van der Waals surface area contributed by atoms with Gasteiger partial charge in [0, 0.05) is 73.5 Å². The smallest absolute Gasteiger partial charge is 0.205 e. The van der Waals surface area contributed by atoms with Gasteiger partial charge in [-0.15, -0.1) is 0 Å². The number of allylic oxidation sites excluding steroid dienone is 5. The zero-order valence-corrected chi connectivity index (χ0v) is 28.8. The summed E-state index contributed by atoms with van der Waals surface area (Å²) in [5, 5.41) is 18.0. The Labute approximate surface area is 284 Å². The molecule has 2 aromatic carbocycles. The van der Waals surface area contributed by atoms with E-state index < -0.39 is 0 Å². The maximum absolute atomic E-state index is 9.31. The summed E-state index contributed by atoms with van der Waals surface area (Å²) in [5.74, 6) is 2.16. The lowest BCUT2D eigenvalue weighted by Gasteiger charge is -2.24. The normalized spacial score (nSPS) is 12.1. The number of benzene rings is 2. The molecule has 0 aliphatic rings. The number of hydrogen-bond donors (Lipinski definition) is 2. The van der Waals surface area contributed by atoms with Crippen LogP contribution in [-0.2, 0) is 6.54 Å². The summed E-state index contributed by atoms with van der Waals surface area (Å²) < 4.78 is 2.05. The van der Waals surface area contributed by atoms with Gasteiger partial charge in [0.05, 0.1) is 13.2 Å². The fraction of sp³-hybridized carbons (Fsp3) is 0.316. The van der Waals surface area contributed by atoms with E-state index in [-0.39, 0.29) is 13.2 Å². The lowest BCUT2D eigenvalue weighted by molar-refractivity contribution is -0.699. The molecule has 0 fully saturated rings. The first-order chi connectivity index (χ1) is 22.7. The lowest BCUT2D eigenvalue weighted by Crippen LogP contribution is -2.38. The number of hydrogen-bond acceptors (Lipinski definition) is 7. The molecule has 0 saturated heterocycles. The first-order valence-electron chi connectivity index (χ1n) is 16.0. The maximum Gasteiger partial charge on any atom is 0.205 e. The quantitative estimate of drug-likeness (QED) is 0.0421. The van der Waals surface area contributed by atoms with Crippen molar-refractivity contribution >= 4 is 57.4 Å². The summed E-state index contributed by atoms with van der Waals surface area (Å²) in [6.07, 6.45) is 19.8. The molecule has 6 nitrogen and oxygen atoms in total. The fourth-order valence-electron chi connectivity index (χ4n) is 4.68. The number of aliphatic hydroxyl groups excluding tert-OH is 2. The molecule has 8 heteroatoms. The minimum absolute atomic E-state index is 0.0789. The zero-order valence-electron chi connectivity index (χ0n) is 27.2. The summed E-state index contributed by atoms with van der Waals surface area (Å²) in [5.41, 5.74) is 5.92. The molecular formula is C38H49N4O2S2+. The Bertz CT molecular complexity index is 1400. The predicted molar refractivity (Wildman–Crippen MR) is 204 cm³/mol. The van der Waals surface area contributed by atoms with Crippen molar-refractivity contribution in [3.8, 4) is 0 Å². The summed E-state index contributed by atoms with van der Waals surface area (Å²) in [4.78, 5) is 8.89. The highest BCUT2D eigenvalue weighted by Gasteiger charge is 2.08. The number of rotatable bonds is 21. The highest BCUT2D eigenvalue weighted by molar-refractivity contribution is 8.76. The monoisotopic (exact) mass is 657 g/mol. The van der Waals surface area contributed by atoms with Crippen LogP contribution in [0.4, 0.5) is 11.4 Å². The van der Waals surface area contributed by atoms with Crippen molar-refractivity contribution in [3.05, 3.63) is 120 Å². The summed E-state index contributed by atoms with van der Waals surface area (Å²) in [6.45, 7) is 9.68. The Morgan fingerprint density at radius 2 is 1.26 bits per heavy atom. The third kappa shape index (κ3) is 13.8. The number of aliphatic imine (C=N–C) groups is 1. The maximum atomic E-state index is 9.31. The Balaban J connectivity index is 1.37. The van der Waals surface area contributed by atoms with Gasteiger partial charge in [-0.3, -0.25) is 4.99 Å². The first-order valence-corrected chi connectivity index (χ1v) is 18.5. The number of pyridine rings is 1. The molecule has 3 aromatic rings. The minimum Gasteiger partial charge on any atom is -0.394 e. The third-order valence-corrected chi connectivity index (χ3v) is 9.53. The van der Waals surface area contributed by atoms with Gasteiger partial charge in [0.1, 0.15) is 6.61 Å². The van der Waals surface area contributed by atoms with Crippen LogP contribution in [0.15, 0.2) is 108 Å². The van der Waals surface area contributed by atoms with Gasteiger partial charge in [-0.05, 0) is 67.5 Å². The molecule has 0 aliphatic heterocycles. The number of aliphatic hydroxyl groups is 2. The second kappa shape index (κ2) is 22.9. The molecule has 1 aromatic heterocycles. The van der Waals surface area contributed by atoms with Crippen LogP contribution in [-0.4, -0.2) is 73.9 Å². The van der Waals surface area contributed by atoms with Crippen LogP contribution in [0, 0.1) is 0 Å². The van der Waals surface area contributed by atoms with E-state index in [4.69, 9.17) is 5.11 Å². The molecule has 0 saturated carbocycles. The Hall–Kier alpha value is -3.56. The van der Waals surface area contributed by atoms with Crippen molar-refractivity contribution in [3.63, 3.8) is 0 Å². The van der Waals surface area contributed by atoms with Crippen molar-refractivity contribution in [1.82, 2.24) is 0 Å². The highest BCUT2D eigenvalue weighted by Crippen LogP contribution is 2.24. The van der Waals surface area contributed by atoms with Crippen molar-refractivity contribution < 1.29 is 14.8 Å². The van der Waals surface area contributed by atoms with Gasteiger partial charge in [0.25, 0.3) is 0 Å².